The summed E-state index contributed by atoms with van der Waals surface area (Å²) in [6.07, 6.45) is -2.35. The third-order valence-electron chi connectivity index (χ3n) is 8.93. The molecule has 2 unspecified atom stereocenters. The first-order chi connectivity index (χ1) is 21.3. The lowest BCUT2D eigenvalue weighted by atomic mass is 9.94. The molecule has 9 nitrogen and oxygen atoms in total. The third-order valence-corrected chi connectivity index (χ3v) is 8.93. The van der Waals surface area contributed by atoms with E-state index in [-0.39, 0.29) is 46.8 Å². The van der Waals surface area contributed by atoms with E-state index >= 15 is 4.39 Å². The molecule has 2 saturated heterocycles. The maximum absolute atomic E-state index is 16.6. The molecule has 5 heterocycles. The van der Waals surface area contributed by atoms with Crippen LogP contribution >= 0.6 is 0 Å². The zero-order chi connectivity index (χ0) is 32.3. The van der Waals surface area contributed by atoms with Crippen LogP contribution in [0.15, 0.2) is 18.2 Å². The second-order valence-corrected chi connectivity index (χ2v) is 12.4. The molecule has 3 aromatic rings. The fraction of sp³-hybridized carbons (Fsp3) is 0.516. The van der Waals surface area contributed by atoms with Gasteiger partial charge in [0.15, 0.2) is 5.82 Å². The van der Waals surface area contributed by atoms with E-state index in [1.165, 1.54) is 0 Å². The van der Waals surface area contributed by atoms with Crippen LogP contribution in [-0.2, 0) is 6.18 Å². The van der Waals surface area contributed by atoms with Gasteiger partial charge in [-0.25, -0.2) is 13.8 Å². The Morgan fingerprint density at radius 1 is 1.20 bits per heavy atom. The van der Waals surface area contributed by atoms with E-state index in [0.717, 1.165) is 50.9 Å². The van der Waals surface area contributed by atoms with Gasteiger partial charge in [0.25, 0.3) is 0 Å². The first kappa shape index (κ1) is 31.2. The Hall–Kier alpha value is -3.78. The molecule has 0 amide bonds. The smallest absolute Gasteiger partial charge is 0.417 e. The van der Waals surface area contributed by atoms with Crippen molar-refractivity contribution >= 4 is 22.4 Å². The molecular weight excluding hydrogens is 597 g/mol. The number of hydrogen-bond acceptors (Lipinski definition) is 9. The van der Waals surface area contributed by atoms with Crippen molar-refractivity contribution in [2.75, 3.05) is 43.8 Å². The highest BCUT2D eigenvalue weighted by molar-refractivity contribution is 5.96. The van der Waals surface area contributed by atoms with Gasteiger partial charge < -0.3 is 25.8 Å². The van der Waals surface area contributed by atoms with Gasteiger partial charge >= 0.3 is 12.2 Å². The molecule has 0 spiro atoms. The number of nitrogens with one attached hydrogen (secondary N) is 2. The van der Waals surface area contributed by atoms with Crippen molar-refractivity contribution in [1.29, 1.82) is 0 Å². The van der Waals surface area contributed by atoms with Gasteiger partial charge in [0, 0.05) is 24.7 Å². The van der Waals surface area contributed by atoms with E-state index in [0.29, 0.717) is 19.5 Å². The van der Waals surface area contributed by atoms with Crippen LogP contribution in [0, 0.1) is 18.6 Å². The number of pyridine rings is 1. The summed E-state index contributed by atoms with van der Waals surface area (Å²) < 4.78 is 86.6. The van der Waals surface area contributed by atoms with Gasteiger partial charge in [0.1, 0.15) is 34.8 Å². The van der Waals surface area contributed by atoms with Crippen molar-refractivity contribution in [3.8, 4) is 23.1 Å². The highest BCUT2D eigenvalue weighted by Gasteiger charge is 2.46. The number of aromatic nitrogens is 3. The highest BCUT2D eigenvalue weighted by atomic mass is 19.4. The van der Waals surface area contributed by atoms with E-state index in [1.807, 2.05) is 6.92 Å². The van der Waals surface area contributed by atoms with Gasteiger partial charge in [0.05, 0.1) is 22.9 Å². The fourth-order valence-electron chi connectivity index (χ4n) is 6.70. The zero-order valence-electron chi connectivity index (χ0n) is 25.4. The summed E-state index contributed by atoms with van der Waals surface area (Å²) in [4.78, 5) is 15.6. The summed E-state index contributed by atoms with van der Waals surface area (Å²) >= 11 is 0. The van der Waals surface area contributed by atoms with E-state index in [9.17, 15) is 17.6 Å². The van der Waals surface area contributed by atoms with E-state index in [1.54, 1.807) is 6.92 Å². The zero-order valence-corrected chi connectivity index (χ0v) is 25.4. The third kappa shape index (κ3) is 5.73. The minimum absolute atomic E-state index is 0.0137. The molecule has 1 aromatic carbocycles. The predicted octanol–water partition coefficient (Wildman–Crippen LogP) is 5.61. The Balaban J connectivity index is 1.56. The predicted molar refractivity (Wildman–Crippen MR) is 160 cm³/mol. The standard InChI is InChI=1S/C31H36F5N7O2/c1-15-11-30(7-5-9-43(30)13-15)14-44-29-41-26-21-27(42-29)39-12-16(2)38-8-6-17(3)45-28(21)40-25(24(26)33)19-10-20(37)23(32)18(4)22(19)31(34,35)36/h10,16-17,38H,1,5-9,11-14,37H2,2-4H3,(H,39,41,42)/t16?,17-,30?/m0/s1. The van der Waals surface area contributed by atoms with Gasteiger partial charge in [-0.2, -0.15) is 23.1 Å². The Morgan fingerprint density at radius 3 is 2.73 bits per heavy atom. The molecule has 2 aromatic heterocycles. The molecule has 6 rings (SSSR count). The number of benzene rings is 1. The second-order valence-electron chi connectivity index (χ2n) is 12.4. The number of anilines is 2. The van der Waals surface area contributed by atoms with Crippen LogP contribution in [0.3, 0.4) is 0 Å². The SMILES string of the molecule is C=C1CN2CCCC2(COc2nc3c4c(nc(-c5cc(N)c(F)c(C)c5C(F)(F)F)c(F)c4n2)O[C@@H](C)CCNC(C)CN3)C1. The number of nitrogen functional groups attached to an aromatic ring is 1. The summed E-state index contributed by atoms with van der Waals surface area (Å²) in [5.41, 5.74) is 2.03. The fourth-order valence-corrected chi connectivity index (χ4v) is 6.70. The van der Waals surface area contributed by atoms with Gasteiger partial charge in [-0.3, -0.25) is 4.90 Å². The normalized spacial score (nSPS) is 24.2. The Bertz CT molecular complexity index is 1670. The van der Waals surface area contributed by atoms with E-state index < -0.39 is 52.0 Å². The maximum Gasteiger partial charge on any atom is 0.417 e. The van der Waals surface area contributed by atoms with Gasteiger partial charge in [-0.15, -0.1) is 0 Å². The molecule has 3 aliphatic heterocycles. The molecule has 0 saturated carbocycles. The summed E-state index contributed by atoms with van der Waals surface area (Å²) in [5, 5.41) is 6.62. The lowest BCUT2D eigenvalue weighted by Crippen LogP contribution is -2.43. The molecule has 242 valence electrons. The van der Waals surface area contributed by atoms with Crippen molar-refractivity contribution < 1.29 is 31.4 Å². The lowest BCUT2D eigenvalue weighted by Gasteiger charge is -2.30. The van der Waals surface area contributed by atoms with Crippen LogP contribution in [-0.4, -0.2) is 70.3 Å². The molecule has 0 bridgehead atoms. The average Bonchev–Trinajstić information content (AvgIpc) is 3.48. The quantitative estimate of drug-likeness (QED) is 0.192. The Labute approximate surface area is 257 Å². The van der Waals surface area contributed by atoms with Crippen LogP contribution in [0.5, 0.6) is 11.9 Å². The van der Waals surface area contributed by atoms with Gasteiger partial charge in [-0.1, -0.05) is 12.2 Å². The van der Waals surface area contributed by atoms with Crippen molar-refractivity contribution in [2.24, 2.45) is 0 Å². The molecular formula is C31H36F5N7O2. The summed E-state index contributed by atoms with van der Waals surface area (Å²) in [7, 11) is 0. The highest BCUT2D eigenvalue weighted by Crippen LogP contribution is 2.45. The minimum Gasteiger partial charge on any atom is -0.474 e. The molecule has 45 heavy (non-hydrogen) atoms. The summed E-state index contributed by atoms with van der Waals surface area (Å²) in [6, 6.07) is 0.578. The number of rotatable bonds is 4. The lowest BCUT2D eigenvalue weighted by molar-refractivity contribution is -0.137. The molecule has 4 N–H and O–H groups in total. The van der Waals surface area contributed by atoms with Crippen LogP contribution in [0.4, 0.5) is 33.5 Å². The molecule has 2 fully saturated rings. The summed E-state index contributed by atoms with van der Waals surface area (Å²) in [5.74, 6) is -2.42. The number of nitrogens with zero attached hydrogens (tertiary/aromatic N) is 4. The minimum atomic E-state index is -5.05. The van der Waals surface area contributed by atoms with Crippen molar-refractivity contribution in [3.05, 3.63) is 41.0 Å². The van der Waals surface area contributed by atoms with Crippen LogP contribution in [0.25, 0.3) is 22.2 Å². The van der Waals surface area contributed by atoms with Crippen LogP contribution in [0.2, 0.25) is 0 Å². The first-order valence-electron chi connectivity index (χ1n) is 15.0. The summed E-state index contributed by atoms with van der Waals surface area (Å²) in [6.45, 7) is 11.7. The number of nitrogens with two attached hydrogens (primary N) is 1. The number of hydrogen-bond donors (Lipinski definition) is 3. The van der Waals surface area contributed by atoms with Gasteiger partial charge in [0.2, 0.25) is 5.88 Å². The molecule has 3 aliphatic rings. The topological polar surface area (TPSA) is 110 Å². The van der Waals surface area contributed by atoms with E-state index in [2.05, 4.69) is 37.1 Å². The van der Waals surface area contributed by atoms with Crippen LogP contribution < -0.4 is 25.8 Å². The van der Waals surface area contributed by atoms with Crippen molar-refractivity contribution in [3.63, 3.8) is 0 Å². The monoisotopic (exact) mass is 633 g/mol. The number of ether oxygens (including phenoxy) is 2. The number of alkyl halides is 3. The first-order valence-corrected chi connectivity index (χ1v) is 15.0. The van der Waals surface area contributed by atoms with E-state index in [4.69, 9.17) is 15.2 Å². The average molecular weight is 634 g/mol. The Morgan fingerprint density at radius 2 is 1.98 bits per heavy atom. The molecule has 3 atom stereocenters. The second kappa shape index (κ2) is 11.5. The number of fused-ring (bicyclic) bond motifs is 1. The maximum atomic E-state index is 16.6. The molecule has 0 radical (unpaired) electrons. The number of halogens is 5. The van der Waals surface area contributed by atoms with Crippen molar-refractivity contribution in [1.82, 2.24) is 25.2 Å². The van der Waals surface area contributed by atoms with Gasteiger partial charge in [-0.05, 0) is 71.2 Å². The largest absolute Gasteiger partial charge is 0.474 e. The molecule has 14 heteroatoms. The molecule has 0 aliphatic carbocycles. The Kier molecular flexibility index (Phi) is 8.00. The van der Waals surface area contributed by atoms with Crippen LogP contribution in [0.1, 0.15) is 50.7 Å². The van der Waals surface area contributed by atoms with Crippen molar-refractivity contribution in [2.45, 2.75) is 70.3 Å².